The van der Waals surface area contributed by atoms with Gasteiger partial charge in [-0.1, -0.05) is 0 Å². The van der Waals surface area contributed by atoms with Crippen LogP contribution in [0.3, 0.4) is 0 Å². The molecule has 4 heteroatoms. The lowest BCUT2D eigenvalue weighted by Gasteiger charge is -2.35. The van der Waals surface area contributed by atoms with Crippen LogP contribution in [0.25, 0.3) is 0 Å². The Kier molecular flexibility index (Phi) is 1.60. The number of carbonyl (C=O) groups excluding carboxylic acids is 1. The summed E-state index contributed by atoms with van der Waals surface area (Å²) in [5.41, 5.74) is -0.730. The van der Waals surface area contributed by atoms with Crippen molar-refractivity contribution >= 4 is 5.91 Å². The van der Waals surface area contributed by atoms with Gasteiger partial charge in [-0.25, -0.2) is 0 Å². The maximum absolute atomic E-state index is 10.5. The minimum atomic E-state index is -0.730. The largest absolute Gasteiger partial charge is 0.374 e. The van der Waals surface area contributed by atoms with Crippen LogP contribution >= 0.6 is 0 Å². The number of carbonyl (C=O) groups is 1. The molecule has 0 bridgehead atoms. The van der Waals surface area contributed by atoms with Crippen molar-refractivity contribution in [2.45, 2.75) is 12.5 Å². The molecule has 1 rings (SSSR count). The van der Waals surface area contributed by atoms with Crippen molar-refractivity contribution in [3.63, 3.8) is 0 Å². The van der Waals surface area contributed by atoms with E-state index in [9.17, 15) is 4.79 Å². The summed E-state index contributed by atoms with van der Waals surface area (Å²) in [5.74, 6) is -0.190. The Balaban J connectivity index is 2.51. The van der Waals surface area contributed by atoms with Crippen molar-refractivity contribution in [1.29, 1.82) is 5.26 Å². The molecule has 0 saturated carbocycles. The first-order valence-corrected chi connectivity index (χ1v) is 2.96. The molecule has 1 fully saturated rings. The Morgan fingerprint density at radius 2 is 2.40 bits per heavy atom. The summed E-state index contributed by atoms with van der Waals surface area (Å²) in [6.07, 6.45) is 0. The zero-order valence-corrected chi connectivity index (χ0v) is 5.68. The molecule has 1 N–H and O–H groups in total. The van der Waals surface area contributed by atoms with E-state index in [4.69, 9.17) is 10.00 Å². The van der Waals surface area contributed by atoms with E-state index in [2.05, 4.69) is 5.32 Å². The van der Waals surface area contributed by atoms with Crippen LogP contribution in [0.4, 0.5) is 0 Å². The van der Waals surface area contributed by atoms with Gasteiger partial charge < -0.3 is 10.1 Å². The normalized spacial score (nSPS) is 20.4. The van der Waals surface area contributed by atoms with Gasteiger partial charge in [0.1, 0.15) is 0 Å². The zero-order valence-electron chi connectivity index (χ0n) is 5.68. The van der Waals surface area contributed by atoms with Gasteiger partial charge in [-0.3, -0.25) is 4.79 Å². The Labute approximate surface area is 58.8 Å². The molecule has 0 aromatic rings. The predicted molar refractivity (Wildman–Crippen MR) is 33.0 cm³/mol. The highest BCUT2D eigenvalue weighted by Gasteiger charge is 2.39. The second-order valence-electron chi connectivity index (χ2n) is 2.37. The van der Waals surface area contributed by atoms with E-state index in [1.807, 2.05) is 6.07 Å². The molecule has 10 heavy (non-hydrogen) atoms. The smallest absolute Gasteiger partial charge is 0.218 e. The van der Waals surface area contributed by atoms with E-state index in [0.717, 1.165) is 0 Å². The molecule has 0 radical (unpaired) electrons. The van der Waals surface area contributed by atoms with Gasteiger partial charge >= 0.3 is 0 Å². The molecule has 0 aliphatic carbocycles. The highest BCUT2D eigenvalue weighted by Crippen LogP contribution is 2.14. The number of nitrogens with one attached hydrogen (secondary N) is 1. The minimum Gasteiger partial charge on any atom is -0.374 e. The van der Waals surface area contributed by atoms with Crippen LogP contribution in [0.15, 0.2) is 0 Å². The lowest BCUT2D eigenvalue weighted by atomic mass is 10.0. The van der Waals surface area contributed by atoms with Crippen LogP contribution in [0.2, 0.25) is 0 Å². The highest BCUT2D eigenvalue weighted by molar-refractivity contribution is 5.74. The maximum Gasteiger partial charge on any atom is 0.218 e. The van der Waals surface area contributed by atoms with Crippen LogP contribution < -0.4 is 5.32 Å². The highest BCUT2D eigenvalue weighted by atomic mass is 16.5. The molecule has 4 nitrogen and oxygen atoms in total. The Morgan fingerprint density at radius 1 is 1.80 bits per heavy atom. The monoisotopic (exact) mass is 140 g/mol. The van der Waals surface area contributed by atoms with E-state index in [-0.39, 0.29) is 5.91 Å². The molecule has 0 spiro atoms. The second-order valence-corrected chi connectivity index (χ2v) is 2.37. The molecule has 1 aliphatic rings. The van der Waals surface area contributed by atoms with Crippen LogP contribution in [0.5, 0.6) is 0 Å². The van der Waals surface area contributed by atoms with Gasteiger partial charge in [0.2, 0.25) is 5.91 Å². The van der Waals surface area contributed by atoms with E-state index < -0.39 is 5.54 Å². The fourth-order valence-corrected chi connectivity index (χ4v) is 0.808. The SMILES string of the molecule is CC(=O)NC1(C#N)COC1. The van der Waals surface area contributed by atoms with Crippen molar-refractivity contribution in [3.05, 3.63) is 0 Å². The standard InChI is InChI=1S/C6H8N2O2/c1-5(9)8-6(2-7)3-10-4-6/h3-4H2,1H3,(H,8,9). The summed E-state index contributed by atoms with van der Waals surface area (Å²) in [5, 5.41) is 11.1. The van der Waals surface area contributed by atoms with Gasteiger partial charge in [-0.15, -0.1) is 0 Å². The first-order valence-electron chi connectivity index (χ1n) is 2.96. The third kappa shape index (κ3) is 1.09. The number of nitrogens with zero attached hydrogens (tertiary/aromatic N) is 1. The number of amides is 1. The molecule has 0 unspecified atom stereocenters. The van der Waals surface area contributed by atoms with Crippen LogP contribution in [0, 0.1) is 11.3 Å². The van der Waals surface area contributed by atoms with Gasteiger partial charge in [0.15, 0.2) is 5.54 Å². The van der Waals surface area contributed by atoms with Gasteiger partial charge in [0.05, 0.1) is 19.3 Å². The number of hydrogen-bond acceptors (Lipinski definition) is 3. The van der Waals surface area contributed by atoms with Crippen LogP contribution in [0.1, 0.15) is 6.92 Å². The zero-order chi connectivity index (χ0) is 7.61. The number of hydrogen-bond donors (Lipinski definition) is 1. The second kappa shape index (κ2) is 2.27. The summed E-state index contributed by atoms with van der Waals surface area (Å²) in [6.45, 7) is 2.00. The van der Waals surface area contributed by atoms with Crippen LogP contribution in [-0.2, 0) is 9.53 Å². The number of rotatable bonds is 1. The molecular formula is C6H8N2O2. The molecule has 1 aliphatic heterocycles. The van der Waals surface area contributed by atoms with Gasteiger partial charge in [-0.05, 0) is 0 Å². The minimum absolute atomic E-state index is 0.190. The quantitative estimate of drug-likeness (QED) is 0.529. The number of nitriles is 1. The Hall–Kier alpha value is -1.08. The summed E-state index contributed by atoms with van der Waals surface area (Å²) < 4.78 is 4.79. The molecule has 1 heterocycles. The molecule has 1 amide bonds. The molecule has 0 aromatic carbocycles. The van der Waals surface area contributed by atoms with E-state index in [0.29, 0.717) is 13.2 Å². The predicted octanol–water partition coefficient (Wildman–Crippen LogP) is -0.585. The average molecular weight is 140 g/mol. The molecule has 0 atom stereocenters. The first-order chi connectivity index (χ1) is 4.68. The van der Waals surface area contributed by atoms with Gasteiger partial charge in [0.25, 0.3) is 0 Å². The third-order valence-electron chi connectivity index (χ3n) is 1.33. The number of ether oxygens (including phenoxy) is 1. The third-order valence-corrected chi connectivity index (χ3v) is 1.33. The first kappa shape index (κ1) is 7.03. The van der Waals surface area contributed by atoms with Crippen molar-refractivity contribution in [1.82, 2.24) is 5.32 Å². The van der Waals surface area contributed by atoms with E-state index >= 15 is 0 Å². The molecule has 1 saturated heterocycles. The fourth-order valence-electron chi connectivity index (χ4n) is 0.808. The summed E-state index contributed by atoms with van der Waals surface area (Å²) >= 11 is 0. The maximum atomic E-state index is 10.5. The summed E-state index contributed by atoms with van der Waals surface area (Å²) in [6, 6.07) is 1.99. The average Bonchev–Trinajstić information content (AvgIpc) is 1.78. The molecular weight excluding hydrogens is 132 g/mol. The van der Waals surface area contributed by atoms with E-state index in [1.54, 1.807) is 0 Å². The van der Waals surface area contributed by atoms with Gasteiger partial charge in [-0.2, -0.15) is 5.26 Å². The fraction of sp³-hybridized carbons (Fsp3) is 0.667. The Bertz CT molecular complexity index is 190. The lowest BCUT2D eigenvalue weighted by molar-refractivity contribution is -0.126. The van der Waals surface area contributed by atoms with Crippen LogP contribution in [-0.4, -0.2) is 24.7 Å². The molecule has 54 valence electrons. The lowest BCUT2D eigenvalue weighted by Crippen LogP contribution is -2.60. The van der Waals surface area contributed by atoms with Crippen molar-refractivity contribution in [3.8, 4) is 6.07 Å². The van der Waals surface area contributed by atoms with Gasteiger partial charge in [0, 0.05) is 6.92 Å². The Morgan fingerprint density at radius 3 is 2.50 bits per heavy atom. The van der Waals surface area contributed by atoms with Crippen molar-refractivity contribution in [2.75, 3.05) is 13.2 Å². The topological polar surface area (TPSA) is 62.1 Å². The van der Waals surface area contributed by atoms with Crippen molar-refractivity contribution < 1.29 is 9.53 Å². The van der Waals surface area contributed by atoms with E-state index in [1.165, 1.54) is 6.92 Å². The summed E-state index contributed by atoms with van der Waals surface area (Å²) in [4.78, 5) is 10.5. The summed E-state index contributed by atoms with van der Waals surface area (Å²) in [7, 11) is 0. The van der Waals surface area contributed by atoms with Crippen molar-refractivity contribution in [2.24, 2.45) is 0 Å². The molecule has 0 aromatic heterocycles.